The van der Waals surface area contributed by atoms with E-state index in [2.05, 4.69) is 35.3 Å². The third-order valence-electron chi connectivity index (χ3n) is 7.72. The van der Waals surface area contributed by atoms with E-state index < -0.39 is 0 Å². The molecule has 10 heteroatoms. The number of rotatable bonds is 7. The van der Waals surface area contributed by atoms with Gasteiger partial charge in [0.2, 0.25) is 5.91 Å². The van der Waals surface area contributed by atoms with Gasteiger partial charge in [-0.15, -0.1) is 11.3 Å². The number of pyridine rings is 1. The molecule has 0 radical (unpaired) electrons. The molecule has 4 aromatic rings. The lowest BCUT2D eigenvalue weighted by atomic mass is 9.92. The van der Waals surface area contributed by atoms with Crippen LogP contribution in [0.4, 0.5) is 10.8 Å². The molecule has 9 nitrogen and oxygen atoms in total. The molecule has 0 spiro atoms. The van der Waals surface area contributed by atoms with Crippen molar-refractivity contribution < 1.29 is 4.79 Å². The molecule has 196 valence electrons. The predicted octanol–water partition coefficient (Wildman–Crippen LogP) is 4.59. The minimum Gasteiger partial charge on any atom is -0.348 e. The Hall–Kier alpha value is -3.63. The summed E-state index contributed by atoms with van der Waals surface area (Å²) in [4.78, 5) is 26.4. The normalized spacial score (nSPS) is 18.8. The van der Waals surface area contributed by atoms with Gasteiger partial charge >= 0.3 is 0 Å². The topological polar surface area (TPSA) is 114 Å². The van der Waals surface area contributed by atoms with E-state index >= 15 is 0 Å². The number of aromatic nitrogens is 4. The number of aromatic amines is 1. The Morgan fingerprint density at radius 2 is 1.95 bits per heavy atom. The van der Waals surface area contributed by atoms with E-state index in [0.717, 1.165) is 83.3 Å². The molecule has 2 aliphatic rings. The zero-order valence-electron chi connectivity index (χ0n) is 21.5. The number of aryl methyl sites for hydroxylation is 1. The van der Waals surface area contributed by atoms with Gasteiger partial charge < -0.3 is 15.6 Å². The highest BCUT2D eigenvalue weighted by atomic mass is 32.1. The molecule has 0 saturated carbocycles. The minimum atomic E-state index is -0.0723. The fraction of sp³-hybridized carbons (Fsp3) is 0.393. The number of thiazole rings is 1. The van der Waals surface area contributed by atoms with E-state index in [-0.39, 0.29) is 11.8 Å². The van der Waals surface area contributed by atoms with Gasteiger partial charge in [0.15, 0.2) is 5.13 Å². The molecule has 1 amide bonds. The molecule has 38 heavy (non-hydrogen) atoms. The van der Waals surface area contributed by atoms with Crippen LogP contribution in [0.2, 0.25) is 0 Å². The van der Waals surface area contributed by atoms with Crippen molar-refractivity contribution in [2.45, 2.75) is 26.2 Å². The van der Waals surface area contributed by atoms with Crippen molar-refractivity contribution in [1.82, 2.24) is 25.1 Å². The van der Waals surface area contributed by atoms with Crippen LogP contribution in [0.15, 0.2) is 48.1 Å². The van der Waals surface area contributed by atoms with Crippen LogP contribution in [0.3, 0.4) is 0 Å². The number of anilines is 2. The zero-order valence-corrected chi connectivity index (χ0v) is 22.3. The van der Waals surface area contributed by atoms with E-state index in [1.807, 2.05) is 48.8 Å². The summed E-state index contributed by atoms with van der Waals surface area (Å²) in [6.45, 7) is 6.07. The molecule has 0 bridgehead atoms. The molecule has 0 aliphatic carbocycles. The van der Waals surface area contributed by atoms with Crippen molar-refractivity contribution in [3.63, 3.8) is 0 Å². The number of H-pyrrole nitrogens is 1. The van der Waals surface area contributed by atoms with Gasteiger partial charge in [-0.2, -0.15) is 5.10 Å². The molecule has 2 saturated heterocycles. The average Bonchev–Trinajstić information content (AvgIpc) is 3.70. The Balaban J connectivity index is 1.03. The quantitative estimate of drug-likeness (QED) is 0.303. The van der Waals surface area contributed by atoms with Gasteiger partial charge in [-0.1, -0.05) is 0 Å². The van der Waals surface area contributed by atoms with E-state index in [1.54, 1.807) is 17.5 Å². The number of carbonyl (C=O) groups is 1. The molecule has 1 unspecified atom stereocenters. The number of hydrogen-bond acceptors (Lipinski definition) is 8. The standard InChI is InChI=1S/C28H32N8OS/c1-18-14-20(4-8-30-18)26-23-15-22(2-3-25(23)33-34-26)32-27(37)21-5-10-35(16-21)17-24(29)19-6-11-36(12-7-19)28-31-9-13-38-28/h2-4,8-9,13-15,19,21,29H,5-7,10-12,16-17H2,1H3,(H,32,37)(H,33,34). The van der Waals surface area contributed by atoms with Crippen molar-refractivity contribution >= 4 is 44.7 Å². The first-order valence-electron chi connectivity index (χ1n) is 13.2. The van der Waals surface area contributed by atoms with Gasteiger partial charge in [0.25, 0.3) is 0 Å². The molecule has 1 aromatic carbocycles. The van der Waals surface area contributed by atoms with Gasteiger partial charge in [0.05, 0.1) is 11.4 Å². The summed E-state index contributed by atoms with van der Waals surface area (Å²) in [5.41, 5.74) is 5.28. The van der Waals surface area contributed by atoms with Crippen LogP contribution in [-0.4, -0.2) is 69.4 Å². The molecule has 6 rings (SSSR count). The highest BCUT2D eigenvalue weighted by molar-refractivity contribution is 7.13. The van der Waals surface area contributed by atoms with Gasteiger partial charge in [-0.3, -0.25) is 19.8 Å². The number of piperidine rings is 1. The number of carbonyl (C=O) groups excluding carboxylic acids is 1. The van der Waals surface area contributed by atoms with Crippen LogP contribution in [0.5, 0.6) is 0 Å². The Morgan fingerprint density at radius 3 is 2.74 bits per heavy atom. The smallest absolute Gasteiger partial charge is 0.228 e. The maximum Gasteiger partial charge on any atom is 0.228 e. The first-order valence-corrected chi connectivity index (χ1v) is 14.1. The summed E-state index contributed by atoms with van der Waals surface area (Å²) in [7, 11) is 0. The Morgan fingerprint density at radius 1 is 1.11 bits per heavy atom. The summed E-state index contributed by atoms with van der Waals surface area (Å²) < 4.78 is 0. The number of amides is 1. The number of fused-ring (bicyclic) bond motifs is 1. The molecule has 3 N–H and O–H groups in total. The largest absolute Gasteiger partial charge is 0.348 e. The highest BCUT2D eigenvalue weighted by Crippen LogP contribution is 2.30. The molecule has 3 aromatic heterocycles. The summed E-state index contributed by atoms with van der Waals surface area (Å²) in [6.07, 6.45) is 6.44. The molecule has 2 fully saturated rings. The van der Waals surface area contributed by atoms with Crippen molar-refractivity contribution in [2.75, 3.05) is 42.9 Å². The van der Waals surface area contributed by atoms with E-state index in [9.17, 15) is 4.79 Å². The van der Waals surface area contributed by atoms with E-state index in [0.29, 0.717) is 19.0 Å². The van der Waals surface area contributed by atoms with Gasteiger partial charge in [-0.25, -0.2) is 4.98 Å². The van der Waals surface area contributed by atoms with Crippen LogP contribution >= 0.6 is 11.3 Å². The van der Waals surface area contributed by atoms with Crippen molar-refractivity contribution in [3.05, 3.63) is 53.8 Å². The second kappa shape index (κ2) is 10.6. The monoisotopic (exact) mass is 528 g/mol. The Kier molecular flexibility index (Phi) is 6.90. The van der Waals surface area contributed by atoms with Crippen LogP contribution < -0.4 is 10.2 Å². The Labute approximate surface area is 225 Å². The first kappa shape index (κ1) is 24.7. The molecular weight excluding hydrogens is 496 g/mol. The summed E-state index contributed by atoms with van der Waals surface area (Å²) in [5.74, 6) is 0.288. The van der Waals surface area contributed by atoms with Crippen molar-refractivity contribution in [3.8, 4) is 11.3 Å². The zero-order chi connectivity index (χ0) is 26.1. The lowest BCUT2D eigenvalue weighted by Crippen LogP contribution is -2.39. The van der Waals surface area contributed by atoms with Gasteiger partial charge in [-0.05, 0) is 63.1 Å². The fourth-order valence-electron chi connectivity index (χ4n) is 5.60. The molecule has 2 aliphatic heterocycles. The third kappa shape index (κ3) is 5.19. The molecular formula is C28H32N8OS. The number of nitrogens with one attached hydrogen (secondary N) is 3. The van der Waals surface area contributed by atoms with Gasteiger partial charge in [0.1, 0.15) is 5.69 Å². The van der Waals surface area contributed by atoms with Crippen LogP contribution in [0, 0.1) is 24.2 Å². The maximum atomic E-state index is 13.1. The lowest BCUT2D eigenvalue weighted by molar-refractivity contribution is -0.119. The second-order valence-electron chi connectivity index (χ2n) is 10.3. The van der Waals surface area contributed by atoms with Crippen LogP contribution in [-0.2, 0) is 4.79 Å². The average molecular weight is 529 g/mol. The Bertz CT molecular complexity index is 1440. The highest BCUT2D eigenvalue weighted by Gasteiger charge is 2.31. The number of nitrogens with zero attached hydrogens (tertiary/aromatic N) is 5. The van der Waals surface area contributed by atoms with Crippen molar-refractivity contribution in [1.29, 1.82) is 5.41 Å². The third-order valence-corrected chi connectivity index (χ3v) is 8.55. The minimum absolute atomic E-state index is 0.0416. The van der Waals surface area contributed by atoms with Crippen molar-refractivity contribution in [2.24, 2.45) is 11.8 Å². The number of benzene rings is 1. The van der Waals surface area contributed by atoms with E-state index in [4.69, 9.17) is 5.41 Å². The number of likely N-dealkylation sites (tertiary alicyclic amines) is 1. The van der Waals surface area contributed by atoms with E-state index in [1.165, 1.54) is 0 Å². The van der Waals surface area contributed by atoms with Crippen LogP contribution in [0.1, 0.15) is 25.0 Å². The number of hydrogen-bond donors (Lipinski definition) is 3. The first-order chi connectivity index (χ1) is 18.5. The van der Waals surface area contributed by atoms with Gasteiger partial charge in [0, 0.05) is 77.9 Å². The maximum absolute atomic E-state index is 13.1. The summed E-state index contributed by atoms with van der Waals surface area (Å²) in [6, 6.07) is 9.82. The fourth-order valence-corrected chi connectivity index (χ4v) is 6.30. The predicted molar refractivity (Wildman–Crippen MR) is 152 cm³/mol. The second-order valence-corrected chi connectivity index (χ2v) is 11.2. The summed E-state index contributed by atoms with van der Waals surface area (Å²) in [5, 5.41) is 23.5. The SMILES string of the molecule is Cc1cc(-c2n[nH]c3ccc(NC(=O)C4CCN(CC(=N)C5CCN(c6nccs6)CC5)C4)cc23)ccn1. The molecule has 1 atom stereocenters. The lowest BCUT2D eigenvalue weighted by Gasteiger charge is -2.33. The summed E-state index contributed by atoms with van der Waals surface area (Å²) >= 11 is 1.68. The van der Waals surface area contributed by atoms with Crippen LogP contribution in [0.25, 0.3) is 22.2 Å². The molecule has 5 heterocycles.